The number of nitrogens with one attached hydrogen (secondary N) is 1. The maximum atomic E-state index is 13.5. The molecule has 0 radical (unpaired) electrons. The number of hydrogen-bond donors (Lipinski definition) is 1. The van der Waals surface area contributed by atoms with Gasteiger partial charge in [0.25, 0.3) is 0 Å². The van der Waals surface area contributed by atoms with Crippen molar-refractivity contribution in [3.05, 3.63) is 58.0 Å². The number of likely N-dealkylation sites (tertiary alicyclic amines) is 1. The van der Waals surface area contributed by atoms with Crippen molar-refractivity contribution in [1.82, 2.24) is 19.8 Å². The molecule has 3 aromatic rings. The molecule has 4 heterocycles. The molecular formula is C23H23ClFN5OS. The fraction of sp³-hybridized carbons (Fsp3) is 0.348. The van der Waals surface area contributed by atoms with Crippen molar-refractivity contribution >= 4 is 50.6 Å². The van der Waals surface area contributed by atoms with Crippen LogP contribution in [0.2, 0.25) is 5.02 Å². The Morgan fingerprint density at radius 2 is 2.22 bits per heavy atom. The summed E-state index contributed by atoms with van der Waals surface area (Å²) in [5.74, 6) is 0.259. The van der Waals surface area contributed by atoms with Crippen molar-refractivity contribution < 1.29 is 9.18 Å². The molecule has 1 amide bonds. The molecule has 1 aromatic carbocycles. The van der Waals surface area contributed by atoms with Crippen LogP contribution in [0.15, 0.2) is 36.7 Å². The standard InChI is InChI=1S/C23H23ClFN5OS/c1-29-9-2-3-15(29)5-7-20(31)30-10-8-16-19(12-30)32-23-21(16)22(26-13-27-23)28-14-4-6-18(25)17(24)11-14/h4-7,11,13,15H,2-3,8-10,12H2,1H3,(H,26,27,28)/b7-5+/t15-/m0/s1. The largest absolute Gasteiger partial charge is 0.340 e. The van der Waals surface area contributed by atoms with Crippen molar-refractivity contribution in [3.63, 3.8) is 0 Å². The summed E-state index contributed by atoms with van der Waals surface area (Å²) in [6, 6.07) is 4.85. The maximum absolute atomic E-state index is 13.5. The lowest BCUT2D eigenvalue weighted by Crippen LogP contribution is -2.34. The highest BCUT2D eigenvalue weighted by atomic mass is 35.5. The summed E-state index contributed by atoms with van der Waals surface area (Å²) in [6.07, 6.45) is 8.31. The van der Waals surface area contributed by atoms with Gasteiger partial charge in [0.05, 0.1) is 17.0 Å². The van der Waals surface area contributed by atoms with E-state index >= 15 is 0 Å². The van der Waals surface area contributed by atoms with Crippen LogP contribution in [-0.2, 0) is 17.8 Å². The molecule has 2 aliphatic heterocycles. The smallest absolute Gasteiger partial charge is 0.246 e. The predicted molar refractivity (Wildman–Crippen MR) is 126 cm³/mol. The lowest BCUT2D eigenvalue weighted by molar-refractivity contribution is -0.126. The average molecular weight is 472 g/mol. The second-order valence-electron chi connectivity index (χ2n) is 8.22. The Labute approximate surface area is 194 Å². The van der Waals surface area contributed by atoms with E-state index in [9.17, 15) is 9.18 Å². The number of amides is 1. The monoisotopic (exact) mass is 471 g/mol. The highest BCUT2D eigenvalue weighted by Gasteiger charge is 2.26. The lowest BCUT2D eigenvalue weighted by atomic mass is 10.0. The van der Waals surface area contributed by atoms with E-state index in [-0.39, 0.29) is 10.9 Å². The van der Waals surface area contributed by atoms with Gasteiger partial charge < -0.3 is 10.2 Å². The van der Waals surface area contributed by atoms with Gasteiger partial charge in [-0.2, -0.15) is 0 Å². The molecule has 6 nitrogen and oxygen atoms in total. The molecule has 0 unspecified atom stereocenters. The number of fused-ring (bicyclic) bond motifs is 3. The molecule has 1 saturated heterocycles. The lowest BCUT2D eigenvalue weighted by Gasteiger charge is -2.26. The molecule has 0 bridgehead atoms. The minimum absolute atomic E-state index is 0.0543. The van der Waals surface area contributed by atoms with Crippen LogP contribution in [0.1, 0.15) is 23.3 Å². The van der Waals surface area contributed by atoms with Crippen LogP contribution in [0.25, 0.3) is 10.2 Å². The van der Waals surface area contributed by atoms with Crippen molar-refractivity contribution in [2.24, 2.45) is 0 Å². The van der Waals surface area contributed by atoms with Gasteiger partial charge in [-0.25, -0.2) is 14.4 Å². The summed E-state index contributed by atoms with van der Waals surface area (Å²) >= 11 is 7.51. The molecule has 166 valence electrons. The van der Waals surface area contributed by atoms with Crippen molar-refractivity contribution in [1.29, 1.82) is 0 Å². The Hall–Kier alpha value is -2.55. The highest BCUT2D eigenvalue weighted by molar-refractivity contribution is 7.19. The Morgan fingerprint density at radius 3 is 3.00 bits per heavy atom. The van der Waals surface area contributed by atoms with Gasteiger partial charge in [-0.15, -0.1) is 11.3 Å². The fourth-order valence-corrected chi connectivity index (χ4v) is 5.78. The molecule has 1 atom stereocenters. The molecule has 5 rings (SSSR count). The summed E-state index contributed by atoms with van der Waals surface area (Å²) in [5, 5.41) is 4.26. The van der Waals surface area contributed by atoms with E-state index in [0.717, 1.165) is 34.5 Å². The zero-order chi connectivity index (χ0) is 22.2. The van der Waals surface area contributed by atoms with E-state index in [4.69, 9.17) is 11.6 Å². The van der Waals surface area contributed by atoms with Gasteiger partial charge >= 0.3 is 0 Å². The second kappa shape index (κ2) is 8.77. The first-order valence-corrected chi connectivity index (χ1v) is 11.8. The summed E-state index contributed by atoms with van der Waals surface area (Å²) in [5.41, 5.74) is 1.83. The molecule has 32 heavy (non-hydrogen) atoms. The Kier molecular flexibility index (Phi) is 5.84. The van der Waals surface area contributed by atoms with Crippen LogP contribution in [0, 0.1) is 5.82 Å². The third-order valence-corrected chi connectivity index (χ3v) is 7.58. The molecule has 0 saturated carbocycles. The normalized spacial score (nSPS) is 19.1. The minimum Gasteiger partial charge on any atom is -0.340 e. The van der Waals surface area contributed by atoms with Crippen molar-refractivity contribution in [2.75, 3.05) is 25.5 Å². The van der Waals surface area contributed by atoms with Crippen molar-refractivity contribution in [3.8, 4) is 0 Å². The van der Waals surface area contributed by atoms with Crippen LogP contribution in [0.5, 0.6) is 0 Å². The van der Waals surface area contributed by atoms with E-state index in [1.165, 1.54) is 30.4 Å². The molecule has 9 heteroatoms. The molecule has 0 aliphatic carbocycles. The Balaban J connectivity index is 1.37. The van der Waals surface area contributed by atoms with E-state index in [0.29, 0.717) is 30.6 Å². The van der Waals surface area contributed by atoms with Crippen molar-refractivity contribution in [2.45, 2.75) is 31.8 Å². The Bertz CT molecular complexity index is 1210. The van der Waals surface area contributed by atoms with Gasteiger partial charge in [0.1, 0.15) is 22.8 Å². The summed E-state index contributed by atoms with van der Waals surface area (Å²) in [6.45, 7) is 2.31. The van der Waals surface area contributed by atoms with Gasteiger partial charge in [-0.3, -0.25) is 9.69 Å². The number of carbonyl (C=O) groups excluding carboxylic acids is 1. The van der Waals surface area contributed by atoms with Gasteiger partial charge in [0.2, 0.25) is 5.91 Å². The van der Waals surface area contributed by atoms with Crippen LogP contribution in [0.4, 0.5) is 15.9 Å². The number of halogens is 2. The highest BCUT2D eigenvalue weighted by Crippen LogP contribution is 2.38. The van der Waals surface area contributed by atoms with Gasteiger partial charge in [0, 0.05) is 29.2 Å². The first-order chi connectivity index (χ1) is 15.5. The third kappa shape index (κ3) is 4.10. The summed E-state index contributed by atoms with van der Waals surface area (Å²) in [7, 11) is 2.10. The average Bonchev–Trinajstić information content (AvgIpc) is 3.37. The van der Waals surface area contributed by atoms with Crippen LogP contribution in [0.3, 0.4) is 0 Å². The number of nitrogens with zero attached hydrogens (tertiary/aromatic N) is 4. The molecular weight excluding hydrogens is 449 g/mol. The molecule has 1 fully saturated rings. The van der Waals surface area contributed by atoms with E-state index < -0.39 is 5.82 Å². The van der Waals surface area contributed by atoms with E-state index in [1.807, 2.05) is 11.0 Å². The van der Waals surface area contributed by atoms with Crippen LogP contribution < -0.4 is 5.32 Å². The molecule has 2 aromatic heterocycles. The van der Waals surface area contributed by atoms with Crippen LogP contribution >= 0.6 is 22.9 Å². The second-order valence-corrected chi connectivity index (χ2v) is 9.71. The number of rotatable bonds is 4. The number of likely N-dealkylation sites (N-methyl/N-ethyl adjacent to an activating group) is 1. The quantitative estimate of drug-likeness (QED) is 0.556. The SMILES string of the molecule is CN1CCC[C@H]1/C=C/C(=O)N1CCc2c(sc3ncnc(Nc4ccc(F)c(Cl)c4)c23)C1. The number of carbonyl (C=O) groups is 1. The number of hydrogen-bond acceptors (Lipinski definition) is 6. The molecule has 0 spiro atoms. The first-order valence-electron chi connectivity index (χ1n) is 10.6. The number of benzene rings is 1. The number of aromatic nitrogens is 2. The van der Waals surface area contributed by atoms with E-state index in [2.05, 4.69) is 27.2 Å². The fourth-order valence-electron chi connectivity index (χ4n) is 4.40. The minimum atomic E-state index is -0.462. The van der Waals surface area contributed by atoms with Gasteiger partial charge in [-0.1, -0.05) is 17.7 Å². The first kappa shape index (κ1) is 21.3. The topological polar surface area (TPSA) is 61.4 Å². The third-order valence-electron chi connectivity index (χ3n) is 6.17. The summed E-state index contributed by atoms with van der Waals surface area (Å²) in [4.78, 5) is 27.8. The summed E-state index contributed by atoms with van der Waals surface area (Å²) < 4.78 is 13.5. The predicted octanol–water partition coefficient (Wildman–Crippen LogP) is 4.76. The van der Waals surface area contributed by atoms with Crippen LogP contribution in [-0.4, -0.2) is 51.9 Å². The molecule has 1 N–H and O–H groups in total. The Morgan fingerprint density at radius 1 is 1.34 bits per heavy atom. The maximum Gasteiger partial charge on any atom is 0.246 e. The van der Waals surface area contributed by atoms with Gasteiger partial charge in [0.15, 0.2) is 0 Å². The zero-order valence-electron chi connectivity index (χ0n) is 17.6. The van der Waals surface area contributed by atoms with Gasteiger partial charge in [-0.05, 0) is 56.6 Å². The van der Waals surface area contributed by atoms with E-state index in [1.54, 1.807) is 23.5 Å². The number of thiophene rings is 1. The number of anilines is 2. The zero-order valence-corrected chi connectivity index (χ0v) is 19.2. The molecule has 2 aliphatic rings.